The van der Waals surface area contributed by atoms with E-state index in [1.807, 2.05) is 24.3 Å². The van der Waals surface area contributed by atoms with Crippen molar-refractivity contribution in [3.8, 4) is 0 Å². The quantitative estimate of drug-likeness (QED) is 0.433. The van der Waals surface area contributed by atoms with Crippen molar-refractivity contribution in [3.63, 3.8) is 0 Å². The zero-order valence-electron chi connectivity index (χ0n) is 14.7. The Morgan fingerprint density at radius 2 is 1.86 bits per heavy atom. The van der Waals surface area contributed by atoms with Gasteiger partial charge in [0, 0.05) is 23.1 Å². The number of rotatable bonds is 6. The first-order chi connectivity index (χ1) is 13.6. The molecule has 0 radical (unpaired) electrons. The Kier molecular flexibility index (Phi) is 4.90. The first kappa shape index (κ1) is 17.9. The Morgan fingerprint density at radius 1 is 1.07 bits per heavy atom. The average Bonchev–Trinajstić information content (AvgIpc) is 3.06. The Bertz CT molecular complexity index is 1190. The number of carbonyl (C=O) groups is 2. The molecule has 9 heteroatoms. The number of carbonyl (C=O) groups excluding carboxylic acids is 2. The van der Waals surface area contributed by atoms with Crippen molar-refractivity contribution in [1.82, 2.24) is 20.2 Å². The highest BCUT2D eigenvalue weighted by Gasteiger charge is 2.12. The van der Waals surface area contributed by atoms with Crippen LogP contribution in [0.25, 0.3) is 22.1 Å². The monoisotopic (exact) mass is 392 g/mol. The summed E-state index contributed by atoms with van der Waals surface area (Å²) >= 11 is 1.34. The number of hydrogen-bond donors (Lipinski definition) is 3. The minimum Gasteiger partial charge on any atom is -0.366 e. The fourth-order valence-corrected chi connectivity index (χ4v) is 3.55. The third-order valence-electron chi connectivity index (χ3n) is 4.13. The number of thioether (sulfide) groups is 1. The lowest BCUT2D eigenvalue weighted by Crippen LogP contribution is -2.18. The summed E-state index contributed by atoms with van der Waals surface area (Å²) in [6.45, 7) is 0. The maximum absolute atomic E-state index is 12.2. The largest absolute Gasteiger partial charge is 0.366 e. The number of para-hydroxylation sites is 2. The zero-order chi connectivity index (χ0) is 19.5. The number of amides is 2. The summed E-state index contributed by atoms with van der Waals surface area (Å²) in [5.41, 5.74) is 8.34. The molecule has 0 saturated carbocycles. The van der Waals surface area contributed by atoms with Gasteiger partial charge in [-0.1, -0.05) is 42.1 Å². The van der Waals surface area contributed by atoms with Gasteiger partial charge in [0.25, 0.3) is 5.91 Å². The molecule has 0 spiro atoms. The van der Waals surface area contributed by atoms with E-state index >= 15 is 0 Å². The van der Waals surface area contributed by atoms with Gasteiger partial charge in [0.15, 0.2) is 5.65 Å². The molecule has 0 aliphatic rings. The van der Waals surface area contributed by atoms with E-state index in [0.717, 1.165) is 16.4 Å². The molecule has 28 heavy (non-hydrogen) atoms. The molecule has 4 aromatic rings. The summed E-state index contributed by atoms with van der Waals surface area (Å²) in [5.74, 6) is -0.338. The number of H-pyrrole nitrogens is 1. The van der Waals surface area contributed by atoms with Crippen molar-refractivity contribution in [2.24, 2.45) is 5.73 Å². The lowest BCUT2D eigenvalue weighted by Gasteiger charge is -2.08. The summed E-state index contributed by atoms with van der Waals surface area (Å²) in [5, 5.41) is 12.6. The first-order valence-corrected chi connectivity index (χ1v) is 9.53. The predicted molar refractivity (Wildman–Crippen MR) is 108 cm³/mol. The number of anilines is 1. The number of benzene rings is 2. The van der Waals surface area contributed by atoms with Gasteiger partial charge in [-0.2, -0.15) is 0 Å². The number of aromatic nitrogens is 4. The maximum Gasteiger partial charge on any atom is 0.250 e. The van der Waals surface area contributed by atoms with Gasteiger partial charge >= 0.3 is 0 Å². The molecule has 4 rings (SSSR count). The van der Waals surface area contributed by atoms with Crippen LogP contribution >= 0.6 is 11.8 Å². The Morgan fingerprint density at radius 3 is 2.71 bits per heavy atom. The van der Waals surface area contributed by atoms with Crippen molar-refractivity contribution in [3.05, 3.63) is 54.1 Å². The van der Waals surface area contributed by atoms with Crippen LogP contribution < -0.4 is 11.1 Å². The van der Waals surface area contributed by atoms with Gasteiger partial charge in [-0.05, 0) is 18.2 Å². The summed E-state index contributed by atoms with van der Waals surface area (Å²) < 4.78 is 0. The fraction of sp³-hybridized carbons (Fsp3) is 0.105. The van der Waals surface area contributed by atoms with Gasteiger partial charge in [0.1, 0.15) is 5.52 Å². The second kappa shape index (κ2) is 7.65. The van der Waals surface area contributed by atoms with Crippen LogP contribution in [0.15, 0.2) is 53.7 Å². The highest BCUT2D eigenvalue weighted by molar-refractivity contribution is 7.99. The molecule has 0 saturated heterocycles. The van der Waals surface area contributed by atoms with E-state index in [1.165, 1.54) is 11.8 Å². The van der Waals surface area contributed by atoms with Crippen molar-refractivity contribution in [2.75, 3.05) is 11.1 Å². The smallest absolute Gasteiger partial charge is 0.250 e. The van der Waals surface area contributed by atoms with Gasteiger partial charge in [-0.3, -0.25) is 9.59 Å². The summed E-state index contributed by atoms with van der Waals surface area (Å²) in [6, 6.07) is 14.4. The van der Waals surface area contributed by atoms with Crippen LogP contribution in [0, 0.1) is 0 Å². The molecule has 4 N–H and O–H groups in total. The molecule has 2 heterocycles. The lowest BCUT2D eigenvalue weighted by molar-refractivity contribution is -0.115. The van der Waals surface area contributed by atoms with Gasteiger partial charge in [0.2, 0.25) is 11.1 Å². The Labute approximate surface area is 163 Å². The minimum absolute atomic E-state index is 0.221. The third kappa shape index (κ3) is 3.65. The molecule has 0 aliphatic carbocycles. The second-order valence-electron chi connectivity index (χ2n) is 6.02. The number of fused-ring (bicyclic) bond motifs is 3. The van der Waals surface area contributed by atoms with Crippen molar-refractivity contribution in [2.45, 2.75) is 11.6 Å². The first-order valence-electron chi connectivity index (χ1n) is 8.54. The zero-order valence-corrected chi connectivity index (χ0v) is 15.5. The maximum atomic E-state index is 12.2. The van der Waals surface area contributed by atoms with Crippen LogP contribution in [-0.4, -0.2) is 37.7 Å². The van der Waals surface area contributed by atoms with Gasteiger partial charge in [0.05, 0.1) is 11.3 Å². The molecule has 0 atom stereocenters. The number of aromatic amines is 1. The van der Waals surface area contributed by atoms with Gasteiger partial charge < -0.3 is 16.0 Å². The Hall–Kier alpha value is -3.46. The standard InChI is InChI=1S/C19H16N6O2S/c20-17(27)12-6-2-4-8-14(12)21-15(26)9-10-28-19-23-18-16(24-25-19)11-5-1-3-7-13(11)22-18/h1-8H,9-10H2,(H2,20,27)(H,21,26)(H,22,23,25). The minimum atomic E-state index is -0.587. The topological polar surface area (TPSA) is 127 Å². The third-order valence-corrected chi connectivity index (χ3v) is 4.97. The number of nitrogens with zero attached hydrogens (tertiary/aromatic N) is 3. The summed E-state index contributed by atoms with van der Waals surface area (Å²) in [7, 11) is 0. The molecule has 0 fully saturated rings. The van der Waals surface area contributed by atoms with Gasteiger partial charge in [-0.25, -0.2) is 4.98 Å². The molecular weight excluding hydrogens is 376 g/mol. The number of primary amides is 1. The Balaban J connectivity index is 1.39. The van der Waals surface area contributed by atoms with E-state index in [4.69, 9.17) is 5.73 Å². The molecule has 2 aromatic heterocycles. The SMILES string of the molecule is NC(=O)c1ccccc1NC(=O)CCSc1nnc2c(n1)[nH]c1ccccc12. The molecule has 2 aromatic carbocycles. The van der Waals surface area contributed by atoms with E-state index in [-0.39, 0.29) is 17.9 Å². The van der Waals surface area contributed by atoms with Crippen LogP contribution in [0.5, 0.6) is 0 Å². The summed E-state index contributed by atoms with van der Waals surface area (Å²) in [6.07, 6.45) is 0.228. The lowest BCUT2D eigenvalue weighted by atomic mass is 10.1. The second-order valence-corrected chi connectivity index (χ2v) is 7.08. The predicted octanol–water partition coefficient (Wildman–Crippen LogP) is 2.73. The van der Waals surface area contributed by atoms with Crippen LogP contribution in [0.4, 0.5) is 5.69 Å². The normalized spacial score (nSPS) is 11.0. The van der Waals surface area contributed by atoms with E-state index < -0.39 is 5.91 Å². The van der Waals surface area contributed by atoms with Gasteiger partial charge in [-0.15, -0.1) is 10.2 Å². The van der Waals surface area contributed by atoms with E-state index in [9.17, 15) is 9.59 Å². The molecule has 0 bridgehead atoms. The summed E-state index contributed by atoms with van der Waals surface area (Å²) in [4.78, 5) is 31.3. The number of nitrogens with two attached hydrogens (primary N) is 1. The number of nitrogens with one attached hydrogen (secondary N) is 2. The average molecular weight is 392 g/mol. The van der Waals surface area contributed by atoms with Crippen molar-refractivity contribution in [1.29, 1.82) is 0 Å². The van der Waals surface area contributed by atoms with Crippen LogP contribution in [-0.2, 0) is 4.79 Å². The molecule has 0 unspecified atom stereocenters. The van der Waals surface area contributed by atoms with E-state index in [0.29, 0.717) is 22.2 Å². The van der Waals surface area contributed by atoms with E-state index in [1.54, 1.807) is 24.3 Å². The highest BCUT2D eigenvalue weighted by atomic mass is 32.2. The highest BCUT2D eigenvalue weighted by Crippen LogP contribution is 2.23. The molecule has 0 aliphatic heterocycles. The van der Waals surface area contributed by atoms with Crippen LogP contribution in [0.1, 0.15) is 16.8 Å². The molecule has 2 amide bonds. The fourth-order valence-electron chi connectivity index (χ4n) is 2.82. The number of hydrogen-bond acceptors (Lipinski definition) is 6. The van der Waals surface area contributed by atoms with Crippen molar-refractivity contribution < 1.29 is 9.59 Å². The van der Waals surface area contributed by atoms with Crippen LogP contribution in [0.3, 0.4) is 0 Å². The van der Waals surface area contributed by atoms with Crippen molar-refractivity contribution >= 4 is 51.3 Å². The van der Waals surface area contributed by atoms with E-state index in [2.05, 4.69) is 25.5 Å². The molecular formula is C19H16N6O2S. The van der Waals surface area contributed by atoms with Crippen LogP contribution in [0.2, 0.25) is 0 Å². The molecule has 8 nitrogen and oxygen atoms in total. The molecule has 140 valence electrons.